The monoisotopic (exact) mass is 343 g/mol. The van der Waals surface area contributed by atoms with Crippen molar-refractivity contribution >= 4 is 17.6 Å². The summed E-state index contributed by atoms with van der Waals surface area (Å²) in [6.45, 7) is 6.27. The van der Waals surface area contributed by atoms with Crippen LogP contribution in [-0.2, 0) is 0 Å². The number of aliphatic hydroxyl groups is 1. The van der Waals surface area contributed by atoms with E-state index in [1.54, 1.807) is 23.1 Å². The van der Waals surface area contributed by atoms with E-state index in [4.69, 9.17) is 0 Å². The fourth-order valence-corrected chi connectivity index (χ4v) is 3.76. The third-order valence-electron chi connectivity index (χ3n) is 5.12. The van der Waals surface area contributed by atoms with Gasteiger partial charge < -0.3 is 15.3 Å². The number of carbonyl (C=O) groups is 2. The minimum Gasteiger partial charge on any atom is -0.396 e. The number of aliphatic hydroxyl groups excluding tert-OH is 1. The van der Waals surface area contributed by atoms with Crippen LogP contribution < -0.4 is 10.2 Å². The van der Waals surface area contributed by atoms with Crippen molar-refractivity contribution in [3.8, 4) is 0 Å². The molecule has 0 bridgehead atoms. The average molecular weight is 343 g/mol. The van der Waals surface area contributed by atoms with Crippen LogP contribution in [0.15, 0.2) is 36.9 Å². The van der Waals surface area contributed by atoms with Gasteiger partial charge >= 0.3 is 6.03 Å². The molecule has 3 rings (SSSR count). The van der Waals surface area contributed by atoms with Gasteiger partial charge in [-0.3, -0.25) is 9.69 Å². The molecule has 2 N–H and O–H groups in total. The molecule has 1 aromatic rings. The van der Waals surface area contributed by atoms with E-state index in [0.29, 0.717) is 38.2 Å². The number of benzene rings is 1. The Kier molecular flexibility index (Phi) is 5.08. The maximum Gasteiger partial charge on any atom is 0.321 e. The second kappa shape index (κ2) is 7.27. The molecule has 2 aliphatic heterocycles. The Hall–Kier alpha value is -2.34. The Morgan fingerprint density at radius 1 is 1.40 bits per heavy atom. The summed E-state index contributed by atoms with van der Waals surface area (Å²) in [6.07, 6.45) is 4.28. The number of nitrogens with one attached hydrogen (secondary N) is 1. The van der Waals surface area contributed by atoms with Crippen LogP contribution >= 0.6 is 0 Å². The fourth-order valence-electron chi connectivity index (χ4n) is 3.76. The van der Waals surface area contributed by atoms with Crippen LogP contribution in [0.1, 0.15) is 29.6 Å². The number of allylic oxidation sites excluding steroid dienone is 1. The number of piperidine rings is 1. The molecule has 134 valence electrons. The first-order valence-electron chi connectivity index (χ1n) is 8.75. The SMILES string of the molecule is C=CC[C@@]1(CO)CCCN(C(=O)c2cccc(N3CCNC3=O)c2)C1. The van der Waals surface area contributed by atoms with Crippen molar-refractivity contribution in [1.82, 2.24) is 10.2 Å². The highest BCUT2D eigenvalue weighted by atomic mass is 16.3. The van der Waals surface area contributed by atoms with Crippen molar-refractivity contribution in [2.45, 2.75) is 19.3 Å². The summed E-state index contributed by atoms with van der Waals surface area (Å²) in [5.41, 5.74) is 1.02. The molecule has 25 heavy (non-hydrogen) atoms. The zero-order valence-electron chi connectivity index (χ0n) is 14.4. The van der Waals surface area contributed by atoms with Gasteiger partial charge in [0.15, 0.2) is 0 Å². The lowest BCUT2D eigenvalue weighted by molar-refractivity contribution is 0.0285. The molecular weight excluding hydrogens is 318 g/mol. The van der Waals surface area contributed by atoms with E-state index in [2.05, 4.69) is 11.9 Å². The van der Waals surface area contributed by atoms with Crippen LogP contribution in [0.2, 0.25) is 0 Å². The molecule has 1 aromatic carbocycles. The lowest BCUT2D eigenvalue weighted by atomic mass is 9.77. The van der Waals surface area contributed by atoms with Crippen LogP contribution in [-0.4, -0.2) is 54.7 Å². The Morgan fingerprint density at radius 3 is 2.92 bits per heavy atom. The normalized spacial score (nSPS) is 23.5. The molecular formula is C19H25N3O3. The first kappa shape index (κ1) is 17.5. The van der Waals surface area contributed by atoms with E-state index >= 15 is 0 Å². The zero-order valence-corrected chi connectivity index (χ0v) is 14.4. The predicted octanol–water partition coefficient (Wildman–Crippen LogP) is 2.01. The van der Waals surface area contributed by atoms with Crippen LogP contribution in [0.25, 0.3) is 0 Å². The number of hydrogen-bond donors (Lipinski definition) is 2. The second-order valence-corrected chi connectivity index (χ2v) is 6.92. The van der Waals surface area contributed by atoms with Gasteiger partial charge in [0.05, 0.1) is 6.61 Å². The van der Waals surface area contributed by atoms with Crippen molar-refractivity contribution in [2.24, 2.45) is 5.41 Å². The number of anilines is 1. The number of carbonyl (C=O) groups excluding carboxylic acids is 2. The van der Waals surface area contributed by atoms with Crippen LogP contribution in [0.3, 0.4) is 0 Å². The molecule has 6 nitrogen and oxygen atoms in total. The minimum atomic E-state index is -0.290. The van der Waals surface area contributed by atoms with Crippen LogP contribution in [0.5, 0.6) is 0 Å². The average Bonchev–Trinajstić information content (AvgIpc) is 3.07. The highest BCUT2D eigenvalue weighted by molar-refractivity contribution is 5.98. The molecule has 0 radical (unpaired) electrons. The van der Waals surface area contributed by atoms with Crippen LogP contribution in [0.4, 0.5) is 10.5 Å². The lowest BCUT2D eigenvalue weighted by Gasteiger charge is -2.41. The van der Waals surface area contributed by atoms with Gasteiger partial charge in [0.25, 0.3) is 5.91 Å². The van der Waals surface area contributed by atoms with Gasteiger partial charge in [0, 0.05) is 42.8 Å². The van der Waals surface area contributed by atoms with Crippen molar-refractivity contribution in [3.63, 3.8) is 0 Å². The number of nitrogens with zero attached hydrogens (tertiary/aromatic N) is 2. The summed E-state index contributed by atoms with van der Waals surface area (Å²) >= 11 is 0. The molecule has 2 heterocycles. The maximum atomic E-state index is 13.0. The number of amides is 3. The molecule has 1 atom stereocenters. The first-order valence-corrected chi connectivity index (χ1v) is 8.75. The molecule has 2 fully saturated rings. The molecule has 0 saturated carbocycles. The fraction of sp³-hybridized carbons (Fsp3) is 0.474. The van der Waals surface area contributed by atoms with Gasteiger partial charge in [-0.1, -0.05) is 12.1 Å². The minimum absolute atomic E-state index is 0.0524. The van der Waals surface area contributed by atoms with Crippen LogP contribution in [0, 0.1) is 5.41 Å². The topological polar surface area (TPSA) is 72.9 Å². The van der Waals surface area contributed by atoms with Gasteiger partial charge in [0.2, 0.25) is 0 Å². The van der Waals surface area contributed by atoms with E-state index in [-0.39, 0.29) is 24.0 Å². The molecule has 3 amide bonds. The Morgan fingerprint density at radius 2 is 2.24 bits per heavy atom. The van der Waals surface area contributed by atoms with Crippen molar-refractivity contribution < 1.29 is 14.7 Å². The zero-order chi connectivity index (χ0) is 17.9. The lowest BCUT2D eigenvalue weighted by Crippen LogP contribution is -2.47. The third-order valence-corrected chi connectivity index (χ3v) is 5.12. The van der Waals surface area contributed by atoms with E-state index in [1.807, 2.05) is 17.0 Å². The molecule has 2 aliphatic rings. The summed E-state index contributed by atoms with van der Waals surface area (Å²) in [4.78, 5) is 28.2. The molecule has 0 spiro atoms. The Labute approximate surface area is 148 Å². The van der Waals surface area contributed by atoms with Crippen molar-refractivity contribution in [1.29, 1.82) is 0 Å². The van der Waals surface area contributed by atoms with Crippen molar-refractivity contribution in [2.75, 3.05) is 37.7 Å². The van der Waals surface area contributed by atoms with Gasteiger partial charge in [-0.15, -0.1) is 6.58 Å². The standard InChI is InChI=1S/C19H25N3O3/c1-2-7-19(14-23)8-4-10-21(13-19)17(24)15-5-3-6-16(12-15)22-11-9-20-18(22)25/h2-3,5-6,12,23H,1,4,7-11,13-14H2,(H,20,25)/t19-/m1/s1. The second-order valence-electron chi connectivity index (χ2n) is 6.92. The number of likely N-dealkylation sites (tertiary alicyclic amines) is 1. The number of rotatable bonds is 5. The van der Waals surface area contributed by atoms with E-state index in [1.165, 1.54) is 0 Å². The van der Waals surface area contributed by atoms with E-state index in [9.17, 15) is 14.7 Å². The van der Waals surface area contributed by atoms with E-state index < -0.39 is 0 Å². The smallest absolute Gasteiger partial charge is 0.321 e. The Bertz CT molecular complexity index is 676. The molecule has 0 aliphatic carbocycles. The largest absolute Gasteiger partial charge is 0.396 e. The third kappa shape index (κ3) is 3.54. The number of urea groups is 1. The summed E-state index contributed by atoms with van der Waals surface area (Å²) < 4.78 is 0. The summed E-state index contributed by atoms with van der Waals surface area (Å²) in [6, 6.07) is 7.07. The van der Waals surface area contributed by atoms with E-state index in [0.717, 1.165) is 18.5 Å². The molecule has 2 saturated heterocycles. The maximum absolute atomic E-state index is 13.0. The quantitative estimate of drug-likeness (QED) is 0.803. The van der Waals surface area contributed by atoms with Gasteiger partial charge in [-0.05, 0) is 37.5 Å². The molecule has 6 heteroatoms. The Balaban J connectivity index is 1.78. The molecule has 0 aromatic heterocycles. The predicted molar refractivity (Wildman–Crippen MR) is 96.7 cm³/mol. The van der Waals surface area contributed by atoms with Gasteiger partial charge in [-0.2, -0.15) is 0 Å². The highest BCUT2D eigenvalue weighted by Crippen LogP contribution is 2.34. The summed E-state index contributed by atoms with van der Waals surface area (Å²) in [5.74, 6) is -0.0527. The van der Waals surface area contributed by atoms with Gasteiger partial charge in [-0.25, -0.2) is 4.79 Å². The van der Waals surface area contributed by atoms with Crippen molar-refractivity contribution in [3.05, 3.63) is 42.5 Å². The molecule has 0 unspecified atom stereocenters. The summed E-state index contributed by atoms with van der Waals surface area (Å²) in [7, 11) is 0. The first-order chi connectivity index (χ1) is 12.1. The summed E-state index contributed by atoms with van der Waals surface area (Å²) in [5, 5.41) is 12.6. The van der Waals surface area contributed by atoms with Gasteiger partial charge in [0.1, 0.15) is 0 Å². The number of hydrogen-bond acceptors (Lipinski definition) is 3. The highest BCUT2D eigenvalue weighted by Gasteiger charge is 2.36.